The van der Waals surface area contributed by atoms with Crippen LogP contribution in [0.25, 0.3) is 0 Å². The van der Waals surface area contributed by atoms with Crippen LogP contribution in [0.2, 0.25) is 5.02 Å². The van der Waals surface area contributed by atoms with Crippen LogP contribution in [0.5, 0.6) is 0 Å². The first kappa shape index (κ1) is 16.2. The van der Waals surface area contributed by atoms with Crippen molar-refractivity contribution >= 4 is 29.6 Å². The Morgan fingerprint density at radius 2 is 2.12 bits per heavy atom. The molecular weight excluding hydrogens is 262 g/mol. The van der Waals surface area contributed by atoms with Crippen LogP contribution in [0.3, 0.4) is 0 Å². The number of halogens is 1. The van der Waals surface area contributed by atoms with Crippen molar-refractivity contribution < 1.29 is 14.1 Å². The lowest BCUT2D eigenvalue weighted by atomic mass is 10.2. The van der Waals surface area contributed by atoms with Crippen LogP contribution in [0.1, 0.15) is 12.5 Å². The molecule has 3 N–H and O–H groups in total. The molecule has 0 aromatic heterocycles. The molecule has 0 aliphatic heterocycles. The largest absolute Gasteiger partial charge is 0.389 e. The lowest BCUT2D eigenvalue weighted by Gasteiger charge is -2.02. The summed E-state index contributed by atoms with van der Waals surface area (Å²) in [5.74, 6) is -0.173. The molecule has 1 rings (SSSR count). The van der Waals surface area contributed by atoms with Crippen LogP contribution in [-0.4, -0.2) is 24.2 Å². The van der Waals surface area contributed by atoms with E-state index in [1.807, 2.05) is 25.1 Å². The van der Waals surface area contributed by atoms with Gasteiger partial charge in [-0.2, -0.15) is 0 Å². The van der Waals surface area contributed by atoms with Gasteiger partial charge in [-0.25, -0.2) is 4.79 Å². The van der Waals surface area contributed by atoms with Crippen molar-refractivity contribution in [3.63, 3.8) is 0 Å². The van der Waals surface area contributed by atoms with Crippen molar-refractivity contribution in [3.05, 3.63) is 34.9 Å². The van der Waals surface area contributed by atoms with E-state index in [9.17, 15) is 4.79 Å². The van der Waals surface area contributed by atoms with Crippen LogP contribution in [-0.2, 0) is 14.7 Å². The van der Waals surface area contributed by atoms with Crippen LogP contribution in [0.15, 0.2) is 24.3 Å². The summed E-state index contributed by atoms with van der Waals surface area (Å²) in [6.45, 7) is 2.05. The van der Waals surface area contributed by atoms with Gasteiger partial charge in [0.15, 0.2) is 0 Å². The van der Waals surface area contributed by atoms with E-state index in [4.69, 9.17) is 22.4 Å². The highest BCUT2D eigenvalue weighted by Crippen LogP contribution is 2.21. The van der Waals surface area contributed by atoms with E-state index in [-0.39, 0.29) is 0 Å². The molecule has 0 radical (unpaired) electrons. The highest BCUT2D eigenvalue weighted by atomic mass is 35.5. The SMILES string of the molecule is CCN.O=C(CO)OSCc1ccccc1Cl. The highest BCUT2D eigenvalue weighted by Gasteiger charge is 2.03. The number of nitrogens with two attached hydrogens (primary N) is 1. The molecule has 0 heterocycles. The summed E-state index contributed by atoms with van der Waals surface area (Å²) in [6, 6.07) is 7.30. The lowest BCUT2D eigenvalue weighted by molar-refractivity contribution is -0.136. The molecule has 1 aromatic carbocycles. The number of hydrogen-bond donors (Lipinski definition) is 2. The minimum atomic E-state index is -0.651. The van der Waals surface area contributed by atoms with Gasteiger partial charge in [0.1, 0.15) is 6.61 Å². The Balaban J connectivity index is 0.000000770. The smallest absolute Gasteiger partial charge is 0.343 e. The zero-order valence-electron chi connectivity index (χ0n) is 9.56. The number of carbonyl (C=O) groups is 1. The van der Waals surface area contributed by atoms with Crippen molar-refractivity contribution in [3.8, 4) is 0 Å². The molecule has 0 aliphatic rings. The van der Waals surface area contributed by atoms with Gasteiger partial charge >= 0.3 is 5.97 Å². The average molecular weight is 278 g/mol. The fourth-order valence-electron chi connectivity index (χ4n) is 0.800. The predicted molar refractivity (Wildman–Crippen MR) is 70.7 cm³/mol. The first-order valence-electron chi connectivity index (χ1n) is 5.02. The zero-order valence-corrected chi connectivity index (χ0v) is 11.1. The normalized spacial score (nSPS) is 9.18. The molecule has 0 spiro atoms. The van der Waals surface area contributed by atoms with Crippen molar-refractivity contribution in [2.45, 2.75) is 12.7 Å². The first-order chi connectivity index (χ1) is 8.15. The Labute approximate surface area is 110 Å². The molecule has 17 heavy (non-hydrogen) atoms. The average Bonchev–Trinajstić information content (AvgIpc) is 2.32. The van der Waals surface area contributed by atoms with E-state index in [0.29, 0.717) is 10.8 Å². The maximum Gasteiger partial charge on any atom is 0.343 e. The molecule has 0 amide bonds. The van der Waals surface area contributed by atoms with Gasteiger partial charge in [0.05, 0.1) is 17.8 Å². The Morgan fingerprint density at radius 3 is 2.65 bits per heavy atom. The van der Waals surface area contributed by atoms with Crippen molar-refractivity contribution in [1.29, 1.82) is 0 Å². The van der Waals surface area contributed by atoms with Gasteiger partial charge in [0, 0.05) is 5.02 Å². The molecule has 0 aliphatic carbocycles. The van der Waals surface area contributed by atoms with Gasteiger partial charge in [0.25, 0.3) is 0 Å². The zero-order chi connectivity index (χ0) is 13.1. The summed E-state index contributed by atoms with van der Waals surface area (Å²) < 4.78 is 4.62. The summed E-state index contributed by atoms with van der Waals surface area (Å²) in [5.41, 5.74) is 5.74. The fourth-order valence-corrected chi connectivity index (χ4v) is 1.70. The molecule has 0 unspecified atom stereocenters. The molecule has 4 nitrogen and oxygen atoms in total. The minimum absolute atomic E-state index is 0.478. The third-order valence-corrected chi connectivity index (χ3v) is 2.55. The molecule has 1 aromatic rings. The van der Waals surface area contributed by atoms with E-state index in [2.05, 4.69) is 4.18 Å². The van der Waals surface area contributed by atoms with Gasteiger partial charge < -0.3 is 15.0 Å². The quantitative estimate of drug-likeness (QED) is 0.824. The van der Waals surface area contributed by atoms with Crippen LogP contribution >= 0.6 is 23.6 Å². The Hall–Kier alpha value is -0.750. The fraction of sp³-hybridized carbons (Fsp3) is 0.364. The number of rotatable bonds is 4. The summed E-state index contributed by atoms with van der Waals surface area (Å²) in [5, 5.41) is 9.01. The predicted octanol–water partition coefficient (Wildman–Crippen LogP) is 1.99. The van der Waals surface area contributed by atoms with Crippen molar-refractivity contribution in [1.82, 2.24) is 0 Å². The summed E-state index contributed by atoms with van der Waals surface area (Å²) >= 11 is 6.83. The van der Waals surface area contributed by atoms with Gasteiger partial charge in [-0.1, -0.05) is 36.7 Å². The topological polar surface area (TPSA) is 72.6 Å². The summed E-state index contributed by atoms with van der Waals surface area (Å²) in [7, 11) is 0. The number of aliphatic hydroxyl groups is 1. The maximum absolute atomic E-state index is 10.6. The van der Waals surface area contributed by atoms with Gasteiger partial charge in [0.2, 0.25) is 0 Å². The third-order valence-electron chi connectivity index (χ3n) is 1.45. The minimum Gasteiger partial charge on any atom is -0.389 e. The van der Waals surface area contributed by atoms with E-state index >= 15 is 0 Å². The molecular formula is C11H16ClNO3S. The summed E-state index contributed by atoms with van der Waals surface area (Å²) in [6.07, 6.45) is 0. The number of hydrogen-bond acceptors (Lipinski definition) is 5. The molecule has 0 fully saturated rings. The van der Waals surface area contributed by atoms with Crippen LogP contribution < -0.4 is 5.73 Å². The van der Waals surface area contributed by atoms with Gasteiger partial charge in [-0.15, -0.1) is 0 Å². The molecule has 0 atom stereocenters. The first-order valence-corrected chi connectivity index (χ1v) is 6.31. The molecule has 0 saturated heterocycles. The Kier molecular flexibility index (Phi) is 9.95. The Bertz CT molecular complexity index is 336. The number of benzene rings is 1. The Morgan fingerprint density at radius 1 is 1.53 bits per heavy atom. The molecule has 0 bridgehead atoms. The molecule has 0 saturated carbocycles. The van der Waals surface area contributed by atoms with Crippen molar-refractivity contribution in [2.24, 2.45) is 5.73 Å². The van der Waals surface area contributed by atoms with E-state index in [0.717, 1.165) is 24.2 Å². The monoisotopic (exact) mass is 277 g/mol. The van der Waals surface area contributed by atoms with Gasteiger partial charge in [-0.05, 0) is 18.2 Å². The van der Waals surface area contributed by atoms with Crippen LogP contribution in [0, 0.1) is 0 Å². The van der Waals surface area contributed by atoms with E-state index < -0.39 is 12.6 Å². The second-order valence-electron chi connectivity index (χ2n) is 2.88. The van der Waals surface area contributed by atoms with E-state index in [1.165, 1.54) is 0 Å². The number of carbonyl (C=O) groups excluding carboxylic acids is 1. The summed E-state index contributed by atoms with van der Waals surface area (Å²) in [4.78, 5) is 10.6. The van der Waals surface area contributed by atoms with Crippen LogP contribution in [0.4, 0.5) is 0 Å². The number of aliphatic hydroxyl groups excluding tert-OH is 1. The van der Waals surface area contributed by atoms with Gasteiger partial charge in [-0.3, -0.25) is 0 Å². The standard InChI is InChI=1S/C9H9ClO3S.C2H7N/c10-8-4-2-1-3-7(8)6-14-13-9(12)5-11;1-2-3/h1-4,11H,5-6H2;2-3H2,1H3. The molecule has 96 valence electrons. The maximum atomic E-state index is 10.6. The second-order valence-corrected chi connectivity index (χ2v) is 3.97. The third kappa shape index (κ3) is 8.04. The van der Waals surface area contributed by atoms with E-state index in [1.54, 1.807) is 6.07 Å². The van der Waals surface area contributed by atoms with Crippen molar-refractivity contribution in [2.75, 3.05) is 13.2 Å². The molecule has 6 heteroatoms. The second kappa shape index (κ2) is 10.4. The highest BCUT2D eigenvalue weighted by molar-refractivity contribution is 7.94. The lowest BCUT2D eigenvalue weighted by Crippen LogP contribution is -2.03.